The third-order valence-corrected chi connectivity index (χ3v) is 4.33. The monoisotopic (exact) mass is 409 g/mol. The van der Waals surface area contributed by atoms with E-state index in [-0.39, 0.29) is 23.9 Å². The van der Waals surface area contributed by atoms with Gasteiger partial charge in [-0.1, -0.05) is 0 Å². The molecule has 154 valence electrons. The van der Waals surface area contributed by atoms with Crippen molar-refractivity contribution >= 4 is 16.8 Å². The molecule has 2 heterocycles. The molecular weight excluding hydrogens is 390 g/mol. The number of aromatic nitrogens is 2. The Labute approximate surface area is 164 Å². The van der Waals surface area contributed by atoms with E-state index in [1.165, 1.54) is 30.5 Å². The third kappa shape index (κ3) is 5.69. The molecule has 0 fully saturated rings. The van der Waals surface area contributed by atoms with E-state index in [0.717, 1.165) is 16.5 Å². The van der Waals surface area contributed by atoms with E-state index >= 15 is 0 Å². The minimum absolute atomic E-state index is 0.00355. The third-order valence-electron chi connectivity index (χ3n) is 4.33. The summed E-state index contributed by atoms with van der Waals surface area (Å²) in [6.45, 7) is 0.329. The molecule has 0 spiro atoms. The summed E-state index contributed by atoms with van der Waals surface area (Å²) in [6, 6.07) is 6.87. The fraction of sp³-hybridized carbons (Fsp3) is 0.300. The SMILES string of the molecule is C[C@@H](NC(=O)CCc1c[nH]c2ccc(F)cc12)c1ccc(OCC(F)(F)F)cn1. The lowest BCUT2D eigenvalue weighted by atomic mass is 10.1. The predicted octanol–water partition coefficient (Wildman–Crippen LogP) is 4.45. The summed E-state index contributed by atoms with van der Waals surface area (Å²) in [7, 11) is 0. The number of aryl methyl sites for hydroxylation is 1. The van der Waals surface area contributed by atoms with Crippen LogP contribution in [0.2, 0.25) is 0 Å². The van der Waals surface area contributed by atoms with E-state index in [1.54, 1.807) is 19.2 Å². The maximum Gasteiger partial charge on any atom is 0.422 e. The Bertz CT molecular complexity index is 984. The molecule has 29 heavy (non-hydrogen) atoms. The fourth-order valence-electron chi connectivity index (χ4n) is 2.89. The van der Waals surface area contributed by atoms with Gasteiger partial charge in [0.2, 0.25) is 5.91 Å². The molecule has 0 aliphatic carbocycles. The molecule has 9 heteroatoms. The molecular formula is C20H19F4N3O2. The maximum atomic E-state index is 13.4. The van der Waals surface area contributed by atoms with Crippen molar-refractivity contribution in [2.75, 3.05) is 6.61 Å². The Balaban J connectivity index is 1.52. The Morgan fingerprint density at radius 3 is 2.76 bits per heavy atom. The molecule has 0 unspecified atom stereocenters. The van der Waals surface area contributed by atoms with Crippen molar-refractivity contribution < 1.29 is 27.1 Å². The molecule has 1 atom stereocenters. The molecule has 0 radical (unpaired) electrons. The lowest BCUT2D eigenvalue weighted by Gasteiger charge is -2.14. The lowest BCUT2D eigenvalue weighted by molar-refractivity contribution is -0.153. The first kappa shape index (κ1) is 20.6. The van der Waals surface area contributed by atoms with Gasteiger partial charge in [0, 0.05) is 23.5 Å². The van der Waals surface area contributed by atoms with Gasteiger partial charge < -0.3 is 15.0 Å². The average molecular weight is 409 g/mol. The van der Waals surface area contributed by atoms with E-state index in [9.17, 15) is 22.4 Å². The number of aromatic amines is 1. The Morgan fingerprint density at radius 1 is 1.28 bits per heavy atom. The van der Waals surface area contributed by atoms with E-state index in [4.69, 9.17) is 0 Å². The van der Waals surface area contributed by atoms with Crippen LogP contribution in [-0.4, -0.2) is 28.7 Å². The molecule has 5 nitrogen and oxygen atoms in total. The summed E-state index contributed by atoms with van der Waals surface area (Å²) in [5.41, 5.74) is 2.13. The van der Waals surface area contributed by atoms with Crippen LogP contribution in [0.5, 0.6) is 5.75 Å². The van der Waals surface area contributed by atoms with Gasteiger partial charge in [0.25, 0.3) is 0 Å². The van der Waals surface area contributed by atoms with Gasteiger partial charge in [0.15, 0.2) is 6.61 Å². The van der Waals surface area contributed by atoms with Crippen molar-refractivity contribution in [3.63, 3.8) is 0 Å². The second-order valence-corrected chi connectivity index (χ2v) is 6.62. The van der Waals surface area contributed by atoms with Crippen LogP contribution in [0.4, 0.5) is 17.6 Å². The maximum absolute atomic E-state index is 13.4. The zero-order chi connectivity index (χ0) is 21.0. The molecule has 1 amide bonds. The number of hydrogen-bond donors (Lipinski definition) is 2. The van der Waals surface area contributed by atoms with E-state index in [0.29, 0.717) is 12.1 Å². The molecule has 0 saturated heterocycles. The minimum Gasteiger partial charge on any atom is -0.483 e. The number of nitrogens with zero attached hydrogens (tertiary/aromatic N) is 1. The van der Waals surface area contributed by atoms with Crippen LogP contribution in [-0.2, 0) is 11.2 Å². The largest absolute Gasteiger partial charge is 0.483 e. The van der Waals surface area contributed by atoms with Crippen molar-refractivity contribution in [2.45, 2.75) is 32.0 Å². The molecule has 1 aromatic carbocycles. The summed E-state index contributed by atoms with van der Waals surface area (Å²) in [5, 5.41) is 3.53. The van der Waals surface area contributed by atoms with Crippen LogP contribution in [0.15, 0.2) is 42.7 Å². The second kappa shape index (κ2) is 8.50. The smallest absolute Gasteiger partial charge is 0.422 e. The fourth-order valence-corrected chi connectivity index (χ4v) is 2.89. The average Bonchev–Trinajstić information content (AvgIpc) is 3.06. The van der Waals surface area contributed by atoms with E-state index in [2.05, 4.69) is 20.0 Å². The Kier molecular flexibility index (Phi) is 6.05. The van der Waals surface area contributed by atoms with Gasteiger partial charge in [-0.25, -0.2) is 4.39 Å². The molecule has 2 N–H and O–H groups in total. The molecule has 3 rings (SSSR count). The van der Waals surface area contributed by atoms with Crippen molar-refractivity contribution in [1.82, 2.24) is 15.3 Å². The molecule has 3 aromatic rings. The second-order valence-electron chi connectivity index (χ2n) is 6.62. The number of alkyl halides is 3. The Morgan fingerprint density at radius 2 is 2.07 bits per heavy atom. The molecule has 0 saturated carbocycles. The highest BCUT2D eigenvalue weighted by molar-refractivity contribution is 5.84. The van der Waals surface area contributed by atoms with E-state index in [1.807, 2.05) is 0 Å². The van der Waals surface area contributed by atoms with Gasteiger partial charge in [-0.3, -0.25) is 9.78 Å². The van der Waals surface area contributed by atoms with Gasteiger partial charge >= 0.3 is 6.18 Å². The number of carbonyl (C=O) groups is 1. The number of ether oxygens (including phenoxy) is 1. The first-order valence-corrected chi connectivity index (χ1v) is 8.91. The number of H-pyrrole nitrogens is 1. The van der Waals surface area contributed by atoms with Crippen molar-refractivity contribution in [2.24, 2.45) is 0 Å². The van der Waals surface area contributed by atoms with Crippen molar-refractivity contribution in [3.05, 3.63) is 59.8 Å². The van der Waals surface area contributed by atoms with Crippen LogP contribution in [0.1, 0.15) is 30.6 Å². The van der Waals surface area contributed by atoms with Crippen LogP contribution in [0, 0.1) is 5.82 Å². The number of nitrogens with one attached hydrogen (secondary N) is 2. The van der Waals surface area contributed by atoms with Crippen LogP contribution in [0.25, 0.3) is 10.9 Å². The first-order chi connectivity index (χ1) is 13.7. The van der Waals surface area contributed by atoms with Crippen LogP contribution >= 0.6 is 0 Å². The number of rotatable bonds is 7. The zero-order valence-electron chi connectivity index (χ0n) is 15.5. The van der Waals surface area contributed by atoms with Crippen LogP contribution in [0.3, 0.4) is 0 Å². The van der Waals surface area contributed by atoms with Gasteiger partial charge in [-0.2, -0.15) is 13.2 Å². The molecule has 0 bridgehead atoms. The number of benzene rings is 1. The summed E-state index contributed by atoms with van der Waals surface area (Å²) < 4.78 is 54.5. The number of halogens is 4. The highest BCUT2D eigenvalue weighted by Crippen LogP contribution is 2.21. The van der Waals surface area contributed by atoms with Gasteiger partial charge in [0.1, 0.15) is 11.6 Å². The van der Waals surface area contributed by atoms with Gasteiger partial charge in [-0.15, -0.1) is 0 Å². The van der Waals surface area contributed by atoms with Crippen molar-refractivity contribution in [1.29, 1.82) is 0 Å². The van der Waals surface area contributed by atoms with Crippen molar-refractivity contribution in [3.8, 4) is 5.75 Å². The summed E-state index contributed by atoms with van der Waals surface area (Å²) in [6.07, 6.45) is -0.858. The first-order valence-electron chi connectivity index (χ1n) is 8.91. The topological polar surface area (TPSA) is 67.0 Å². The normalized spacial score (nSPS) is 12.7. The standard InChI is InChI=1S/C20H19F4N3O2/c1-12(17-6-4-15(10-26-17)29-11-20(22,23)24)27-19(28)7-2-13-9-25-18-5-3-14(21)8-16(13)18/h3-6,8-10,12,25H,2,7,11H2,1H3,(H,27,28)/t12-/m1/s1. The zero-order valence-corrected chi connectivity index (χ0v) is 15.5. The Hall–Kier alpha value is -3.10. The van der Waals surface area contributed by atoms with Gasteiger partial charge in [0.05, 0.1) is 17.9 Å². The molecule has 2 aromatic heterocycles. The minimum atomic E-state index is -4.42. The predicted molar refractivity (Wildman–Crippen MR) is 98.9 cm³/mol. The number of carbonyl (C=O) groups excluding carboxylic acids is 1. The van der Waals surface area contributed by atoms with E-state index < -0.39 is 18.8 Å². The number of hydrogen-bond acceptors (Lipinski definition) is 3. The number of fused-ring (bicyclic) bond motifs is 1. The number of pyridine rings is 1. The highest BCUT2D eigenvalue weighted by Gasteiger charge is 2.28. The quantitative estimate of drug-likeness (QED) is 0.567. The van der Waals surface area contributed by atoms with Gasteiger partial charge in [-0.05, 0) is 49.2 Å². The summed E-state index contributed by atoms with van der Waals surface area (Å²) >= 11 is 0. The summed E-state index contributed by atoms with van der Waals surface area (Å²) in [5.74, 6) is -0.566. The molecule has 0 aliphatic rings. The lowest BCUT2D eigenvalue weighted by Crippen LogP contribution is -2.27. The molecule has 0 aliphatic heterocycles. The number of amides is 1. The highest BCUT2D eigenvalue weighted by atomic mass is 19.4. The van der Waals surface area contributed by atoms with Crippen LogP contribution < -0.4 is 10.1 Å². The summed E-state index contributed by atoms with van der Waals surface area (Å²) in [4.78, 5) is 19.3.